The van der Waals surface area contributed by atoms with Crippen molar-refractivity contribution in [2.75, 3.05) is 6.54 Å². The van der Waals surface area contributed by atoms with E-state index in [2.05, 4.69) is 0 Å². The third kappa shape index (κ3) is 4.74. The molecule has 2 aromatic rings. The van der Waals surface area contributed by atoms with E-state index in [-0.39, 0.29) is 45.7 Å². The molecule has 0 bridgehead atoms. The summed E-state index contributed by atoms with van der Waals surface area (Å²) in [4.78, 5) is 39.9. The summed E-state index contributed by atoms with van der Waals surface area (Å²) in [6.45, 7) is 4.70. The van der Waals surface area contributed by atoms with E-state index < -0.39 is 23.3 Å². The van der Waals surface area contributed by atoms with Gasteiger partial charge in [0.15, 0.2) is 5.78 Å². The number of ketones is 1. The predicted octanol–water partition coefficient (Wildman–Crippen LogP) is 3.93. The van der Waals surface area contributed by atoms with Crippen molar-refractivity contribution in [3.05, 3.63) is 67.6 Å². The molecule has 1 fully saturated rings. The number of aromatic hydroxyl groups is 1. The minimum Gasteiger partial charge on any atom is -0.494 e. The van der Waals surface area contributed by atoms with Gasteiger partial charge in [-0.2, -0.15) is 5.26 Å². The van der Waals surface area contributed by atoms with E-state index in [4.69, 9.17) is 12.2 Å². The maximum absolute atomic E-state index is 13.1. The summed E-state index contributed by atoms with van der Waals surface area (Å²) in [6, 6.07) is 6.97. The van der Waals surface area contributed by atoms with Gasteiger partial charge in [0.25, 0.3) is 11.5 Å². The van der Waals surface area contributed by atoms with Crippen molar-refractivity contribution >= 4 is 46.1 Å². The monoisotopic (exact) mass is 485 g/mol. The molecule has 1 saturated heterocycles. The van der Waals surface area contributed by atoms with Crippen molar-refractivity contribution in [2.45, 2.75) is 33.2 Å². The van der Waals surface area contributed by atoms with Crippen LogP contribution in [0.15, 0.2) is 34.0 Å². The van der Waals surface area contributed by atoms with Gasteiger partial charge in [0, 0.05) is 19.0 Å². The van der Waals surface area contributed by atoms with Crippen molar-refractivity contribution < 1.29 is 19.1 Å². The van der Waals surface area contributed by atoms with Gasteiger partial charge < -0.3 is 5.11 Å². The van der Waals surface area contributed by atoms with E-state index in [1.807, 2.05) is 6.07 Å². The van der Waals surface area contributed by atoms with Crippen LogP contribution in [0.4, 0.5) is 4.39 Å². The molecule has 1 aromatic carbocycles. The summed E-state index contributed by atoms with van der Waals surface area (Å²) in [5.41, 5.74) is -0.260. The summed E-state index contributed by atoms with van der Waals surface area (Å²) in [6.07, 6.45) is 1.42. The van der Waals surface area contributed by atoms with E-state index in [1.165, 1.54) is 36.1 Å². The van der Waals surface area contributed by atoms with Gasteiger partial charge in [-0.1, -0.05) is 36.1 Å². The Morgan fingerprint density at radius 1 is 1.30 bits per heavy atom. The lowest BCUT2D eigenvalue weighted by molar-refractivity contribution is -0.122. The van der Waals surface area contributed by atoms with Crippen LogP contribution in [0, 0.1) is 24.1 Å². The molecule has 0 atom stereocenters. The highest BCUT2D eigenvalue weighted by Gasteiger charge is 2.33. The highest BCUT2D eigenvalue weighted by atomic mass is 32.2. The molecule has 1 aliphatic rings. The number of benzene rings is 1. The first-order valence-electron chi connectivity index (χ1n) is 9.99. The van der Waals surface area contributed by atoms with E-state index in [9.17, 15) is 29.1 Å². The molecule has 3 rings (SSSR count). The third-order valence-electron chi connectivity index (χ3n) is 5.15. The standard InChI is InChI=1S/C23H20FN3O4S2/c1-12(2)27-20(29)16(11-25)13(3)19(22(27)31)17(28)8-9-26-21(30)18(33-23(26)32)10-14-4-6-15(24)7-5-14/h4-7,10,12,31H,8-9H2,1-3H3/b18-10-. The van der Waals surface area contributed by atoms with Crippen molar-refractivity contribution in [3.63, 3.8) is 0 Å². The van der Waals surface area contributed by atoms with Crippen LogP contribution in [0.2, 0.25) is 0 Å². The summed E-state index contributed by atoms with van der Waals surface area (Å²) < 4.78 is 14.4. The quantitative estimate of drug-likeness (QED) is 0.376. The van der Waals surface area contributed by atoms with Gasteiger partial charge in [0.2, 0.25) is 5.88 Å². The Balaban J connectivity index is 1.84. The van der Waals surface area contributed by atoms with Gasteiger partial charge >= 0.3 is 0 Å². The number of nitriles is 1. The molecule has 1 aliphatic heterocycles. The average molecular weight is 486 g/mol. The Kier molecular flexibility index (Phi) is 7.15. The van der Waals surface area contributed by atoms with Gasteiger partial charge in [-0.05, 0) is 50.1 Å². The number of hydrogen-bond acceptors (Lipinski definition) is 7. The van der Waals surface area contributed by atoms with Crippen LogP contribution in [0.1, 0.15) is 53.4 Å². The van der Waals surface area contributed by atoms with Crippen molar-refractivity contribution in [1.29, 1.82) is 5.26 Å². The van der Waals surface area contributed by atoms with E-state index >= 15 is 0 Å². The molecule has 1 aromatic heterocycles. The largest absolute Gasteiger partial charge is 0.494 e. The third-order valence-corrected chi connectivity index (χ3v) is 6.52. The fraction of sp³-hybridized carbons (Fsp3) is 0.261. The number of pyridine rings is 1. The maximum atomic E-state index is 13.1. The van der Waals surface area contributed by atoms with Crippen LogP contribution in [0.25, 0.3) is 6.08 Å². The molecule has 0 saturated carbocycles. The lowest BCUT2D eigenvalue weighted by Crippen LogP contribution is -2.31. The van der Waals surface area contributed by atoms with Crippen molar-refractivity contribution in [1.82, 2.24) is 9.47 Å². The number of aromatic nitrogens is 1. The van der Waals surface area contributed by atoms with Crippen LogP contribution >= 0.6 is 24.0 Å². The first-order valence-corrected chi connectivity index (χ1v) is 11.2. The smallest absolute Gasteiger partial charge is 0.271 e. The lowest BCUT2D eigenvalue weighted by Gasteiger charge is -2.19. The zero-order valence-corrected chi connectivity index (χ0v) is 19.7. The molecule has 2 heterocycles. The molecule has 170 valence electrons. The molecule has 33 heavy (non-hydrogen) atoms. The predicted molar refractivity (Wildman–Crippen MR) is 127 cm³/mol. The minimum absolute atomic E-state index is 0.0359. The Hall–Kier alpha value is -3.29. The average Bonchev–Trinajstić information content (AvgIpc) is 3.00. The zero-order chi connectivity index (χ0) is 24.4. The number of hydrogen-bond donors (Lipinski definition) is 1. The second-order valence-electron chi connectivity index (χ2n) is 7.64. The van der Waals surface area contributed by atoms with E-state index in [0.29, 0.717) is 10.5 Å². The molecule has 0 radical (unpaired) electrons. The van der Waals surface area contributed by atoms with Crippen molar-refractivity contribution in [2.24, 2.45) is 0 Å². The van der Waals surface area contributed by atoms with Crippen LogP contribution in [-0.2, 0) is 4.79 Å². The number of amides is 1. The Morgan fingerprint density at radius 3 is 2.52 bits per heavy atom. The molecular weight excluding hydrogens is 465 g/mol. The molecular formula is C23H20FN3O4S2. The Morgan fingerprint density at radius 2 is 1.94 bits per heavy atom. The maximum Gasteiger partial charge on any atom is 0.271 e. The van der Waals surface area contributed by atoms with Gasteiger partial charge in [0.1, 0.15) is 21.8 Å². The van der Waals surface area contributed by atoms with Crippen LogP contribution in [0.3, 0.4) is 0 Å². The number of halogens is 1. The van der Waals surface area contributed by atoms with Crippen LogP contribution in [0.5, 0.6) is 5.88 Å². The summed E-state index contributed by atoms with van der Waals surface area (Å²) in [7, 11) is 0. The highest BCUT2D eigenvalue weighted by molar-refractivity contribution is 8.26. The number of carbonyl (C=O) groups is 2. The number of Topliss-reactive ketones (excluding diaryl/α,β-unsaturated/α-hetero) is 1. The van der Waals surface area contributed by atoms with Crippen LogP contribution in [-0.4, -0.2) is 37.1 Å². The van der Waals surface area contributed by atoms with Gasteiger partial charge in [-0.3, -0.25) is 23.9 Å². The molecule has 0 aliphatic carbocycles. The van der Waals surface area contributed by atoms with Crippen LogP contribution < -0.4 is 5.56 Å². The number of rotatable bonds is 6. The second-order valence-corrected chi connectivity index (χ2v) is 9.31. The Bertz CT molecular complexity index is 1290. The molecule has 0 spiro atoms. The molecule has 1 N–H and O–H groups in total. The molecule has 7 nitrogen and oxygen atoms in total. The first kappa shape index (κ1) is 24.4. The lowest BCUT2D eigenvalue weighted by atomic mass is 9.99. The van der Waals surface area contributed by atoms with Gasteiger partial charge in [-0.15, -0.1) is 0 Å². The minimum atomic E-state index is -0.665. The summed E-state index contributed by atoms with van der Waals surface area (Å²) in [5, 5.41) is 20.0. The first-order chi connectivity index (χ1) is 15.6. The molecule has 1 amide bonds. The second kappa shape index (κ2) is 9.68. The number of thioether (sulfide) groups is 1. The number of carbonyl (C=O) groups excluding carboxylic acids is 2. The summed E-state index contributed by atoms with van der Waals surface area (Å²) in [5.74, 6) is -1.79. The highest BCUT2D eigenvalue weighted by Crippen LogP contribution is 2.33. The number of thiocarbonyl (C=S) groups is 1. The fourth-order valence-corrected chi connectivity index (χ4v) is 4.78. The van der Waals surface area contributed by atoms with E-state index in [1.54, 1.807) is 19.9 Å². The van der Waals surface area contributed by atoms with Gasteiger partial charge in [-0.25, -0.2) is 4.39 Å². The molecule has 10 heteroatoms. The normalized spacial score (nSPS) is 14.9. The fourth-order valence-electron chi connectivity index (χ4n) is 3.48. The van der Waals surface area contributed by atoms with Gasteiger partial charge in [0.05, 0.1) is 10.5 Å². The summed E-state index contributed by atoms with van der Waals surface area (Å²) >= 11 is 6.36. The SMILES string of the molecule is Cc1c(C(=O)CCN2C(=O)/C(=C/c3ccc(F)cc3)SC2=S)c(O)n(C(C)C)c(=O)c1C#N. The zero-order valence-electron chi connectivity index (χ0n) is 18.1. The number of nitrogens with zero attached hydrogens (tertiary/aromatic N) is 3. The Labute approximate surface area is 199 Å². The van der Waals surface area contributed by atoms with E-state index in [0.717, 1.165) is 16.3 Å². The topological polar surface area (TPSA) is 103 Å². The van der Waals surface area contributed by atoms with Crippen molar-refractivity contribution in [3.8, 4) is 11.9 Å². The molecule has 0 unspecified atom stereocenters.